The molecule has 1 aliphatic heterocycles. The van der Waals surface area contributed by atoms with E-state index in [2.05, 4.69) is 4.90 Å². The van der Waals surface area contributed by atoms with Crippen LogP contribution in [0.1, 0.15) is 19.3 Å². The van der Waals surface area contributed by atoms with E-state index >= 15 is 0 Å². The molecular weight excluding hydrogens is 367 g/mol. The summed E-state index contributed by atoms with van der Waals surface area (Å²) in [5.41, 5.74) is 0.848. The van der Waals surface area contributed by atoms with Crippen LogP contribution in [0.5, 0.6) is 0 Å². The van der Waals surface area contributed by atoms with Gasteiger partial charge < -0.3 is 9.47 Å². The van der Waals surface area contributed by atoms with Gasteiger partial charge in [-0.25, -0.2) is 9.07 Å². The van der Waals surface area contributed by atoms with Crippen LogP contribution in [0, 0.1) is 10.6 Å². The Hall–Kier alpha value is -1.61. The van der Waals surface area contributed by atoms with Gasteiger partial charge in [-0.1, -0.05) is 0 Å². The lowest BCUT2D eigenvalue weighted by atomic mass is 10.2. The molecule has 148 valence electrons. The first-order chi connectivity index (χ1) is 13.1. The predicted molar refractivity (Wildman–Crippen MR) is 105 cm³/mol. The van der Waals surface area contributed by atoms with Gasteiger partial charge in [0.2, 0.25) is 0 Å². The van der Waals surface area contributed by atoms with Crippen molar-refractivity contribution in [1.29, 1.82) is 0 Å². The van der Waals surface area contributed by atoms with Crippen molar-refractivity contribution in [2.45, 2.75) is 38.6 Å². The third kappa shape index (κ3) is 5.22. The van der Waals surface area contributed by atoms with Crippen molar-refractivity contribution in [2.24, 2.45) is 0 Å². The summed E-state index contributed by atoms with van der Waals surface area (Å²) in [6, 6.07) is 6.38. The molecule has 0 radical (unpaired) electrons. The molecule has 2 aromatic rings. The third-order valence-corrected chi connectivity index (χ3v) is 5.13. The average molecular weight is 395 g/mol. The molecule has 2 heterocycles. The minimum absolute atomic E-state index is 0.146. The third-order valence-electron chi connectivity index (χ3n) is 4.70. The molecule has 0 N–H and O–H groups in total. The van der Waals surface area contributed by atoms with Gasteiger partial charge in [0.15, 0.2) is 10.6 Å². The standard InChI is InChI=1S/C19H27FN4O2S/c1-22(10-4-11-25-2)14-24-19(27)23(13-17-5-3-12-26-17)18(21-24)15-6-8-16(20)9-7-15/h6-9,17H,3-5,10-14H2,1-2H3. The first-order valence-electron chi connectivity index (χ1n) is 9.31. The number of hydrogen-bond acceptors (Lipinski definition) is 5. The summed E-state index contributed by atoms with van der Waals surface area (Å²) in [5, 5.41) is 4.74. The zero-order valence-electron chi connectivity index (χ0n) is 15.9. The van der Waals surface area contributed by atoms with E-state index in [-0.39, 0.29) is 11.9 Å². The van der Waals surface area contributed by atoms with Crippen molar-refractivity contribution in [1.82, 2.24) is 19.2 Å². The van der Waals surface area contributed by atoms with E-state index in [0.29, 0.717) is 18.0 Å². The molecule has 1 aromatic carbocycles. The number of benzene rings is 1. The van der Waals surface area contributed by atoms with E-state index in [1.54, 1.807) is 19.2 Å². The van der Waals surface area contributed by atoms with Crippen LogP contribution in [0.25, 0.3) is 11.4 Å². The lowest BCUT2D eigenvalue weighted by Gasteiger charge is -2.16. The molecule has 27 heavy (non-hydrogen) atoms. The van der Waals surface area contributed by atoms with Crippen LogP contribution in [0.15, 0.2) is 24.3 Å². The van der Waals surface area contributed by atoms with Gasteiger partial charge in [-0.2, -0.15) is 5.10 Å². The lowest BCUT2D eigenvalue weighted by Crippen LogP contribution is -2.25. The molecule has 1 saturated heterocycles. The van der Waals surface area contributed by atoms with Crippen LogP contribution in [-0.4, -0.2) is 59.3 Å². The van der Waals surface area contributed by atoms with E-state index < -0.39 is 0 Å². The molecule has 1 fully saturated rings. The molecule has 1 atom stereocenters. The fraction of sp³-hybridized carbons (Fsp3) is 0.579. The number of halogens is 1. The summed E-state index contributed by atoms with van der Waals surface area (Å²) < 4.78 is 28.7. The molecule has 6 nitrogen and oxygen atoms in total. The maximum absolute atomic E-state index is 13.3. The van der Waals surface area contributed by atoms with Crippen molar-refractivity contribution in [3.05, 3.63) is 34.9 Å². The Labute approximate surface area is 164 Å². The first kappa shape index (κ1) is 20.1. The summed E-state index contributed by atoms with van der Waals surface area (Å²) in [4.78, 5) is 2.16. The first-order valence-corrected chi connectivity index (χ1v) is 9.72. The van der Waals surface area contributed by atoms with E-state index in [0.717, 1.165) is 50.4 Å². The zero-order chi connectivity index (χ0) is 19.2. The van der Waals surface area contributed by atoms with Crippen molar-refractivity contribution >= 4 is 12.2 Å². The van der Waals surface area contributed by atoms with Gasteiger partial charge in [0, 0.05) is 32.4 Å². The Kier molecular flexibility index (Phi) is 7.12. The van der Waals surface area contributed by atoms with Gasteiger partial charge in [-0.3, -0.25) is 9.47 Å². The highest BCUT2D eigenvalue weighted by Crippen LogP contribution is 2.22. The average Bonchev–Trinajstić information content (AvgIpc) is 3.27. The molecule has 0 saturated carbocycles. The predicted octanol–water partition coefficient (Wildman–Crippen LogP) is 3.32. The Morgan fingerprint density at radius 1 is 1.37 bits per heavy atom. The minimum Gasteiger partial charge on any atom is -0.385 e. The summed E-state index contributed by atoms with van der Waals surface area (Å²) in [6.07, 6.45) is 3.18. The number of hydrogen-bond donors (Lipinski definition) is 0. The minimum atomic E-state index is -0.264. The van der Waals surface area contributed by atoms with Crippen molar-refractivity contribution in [3.8, 4) is 11.4 Å². The SMILES string of the molecule is COCCCN(C)Cn1nc(-c2ccc(F)cc2)n(CC2CCCO2)c1=S. The van der Waals surface area contributed by atoms with Crippen LogP contribution in [0.3, 0.4) is 0 Å². The highest BCUT2D eigenvalue weighted by molar-refractivity contribution is 7.71. The highest BCUT2D eigenvalue weighted by atomic mass is 32.1. The van der Waals surface area contributed by atoms with Gasteiger partial charge >= 0.3 is 0 Å². The molecule has 1 aromatic heterocycles. The summed E-state index contributed by atoms with van der Waals surface area (Å²) in [5.74, 6) is 0.487. The van der Waals surface area contributed by atoms with Crippen LogP contribution in [-0.2, 0) is 22.7 Å². The van der Waals surface area contributed by atoms with E-state index in [1.807, 2.05) is 16.3 Å². The van der Waals surface area contributed by atoms with E-state index in [9.17, 15) is 4.39 Å². The second kappa shape index (κ2) is 9.54. The highest BCUT2D eigenvalue weighted by Gasteiger charge is 2.21. The van der Waals surface area contributed by atoms with E-state index in [1.165, 1.54) is 12.1 Å². The maximum atomic E-state index is 13.3. The van der Waals surface area contributed by atoms with Gasteiger partial charge in [-0.05, 0) is 62.8 Å². The normalized spacial score (nSPS) is 17.1. The van der Waals surface area contributed by atoms with Gasteiger partial charge in [0.25, 0.3) is 0 Å². The van der Waals surface area contributed by atoms with Crippen molar-refractivity contribution in [2.75, 3.05) is 33.9 Å². The molecule has 1 unspecified atom stereocenters. The lowest BCUT2D eigenvalue weighted by molar-refractivity contribution is 0.0967. The topological polar surface area (TPSA) is 44.5 Å². The zero-order valence-corrected chi connectivity index (χ0v) is 16.8. The second-order valence-electron chi connectivity index (χ2n) is 6.93. The van der Waals surface area contributed by atoms with Crippen molar-refractivity contribution in [3.63, 3.8) is 0 Å². The van der Waals surface area contributed by atoms with Crippen molar-refractivity contribution < 1.29 is 13.9 Å². The fourth-order valence-corrected chi connectivity index (χ4v) is 3.54. The van der Waals surface area contributed by atoms with Crippen LogP contribution in [0.4, 0.5) is 4.39 Å². The molecule has 3 rings (SSSR count). The Bertz CT molecular complexity index is 784. The molecule has 0 bridgehead atoms. The molecule has 0 amide bonds. The second-order valence-corrected chi connectivity index (χ2v) is 7.29. The van der Waals surface area contributed by atoms with Gasteiger partial charge in [0.05, 0.1) is 19.3 Å². The molecule has 1 aliphatic rings. The summed E-state index contributed by atoms with van der Waals surface area (Å²) >= 11 is 5.71. The molecule has 0 spiro atoms. The van der Waals surface area contributed by atoms with Crippen LogP contribution >= 0.6 is 12.2 Å². The Balaban J connectivity index is 1.85. The van der Waals surface area contributed by atoms with Gasteiger partial charge in [-0.15, -0.1) is 0 Å². The largest absolute Gasteiger partial charge is 0.385 e. The van der Waals surface area contributed by atoms with Crippen LogP contribution < -0.4 is 0 Å². The quantitative estimate of drug-likeness (QED) is 0.482. The number of aromatic nitrogens is 3. The number of rotatable bonds is 9. The summed E-state index contributed by atoms with van der Waals surface area (Å²) in [6.45, 7) is 3.67. The molecular formula is C19H27FN4O2S. The number of nitrogens with zero attached hydrogens (tertiary/aromatic N) is 4. The Morgan fingerprint density at radius 2 is 2.15 bits per heavy atom. The summed E-state index contributed by atoms with van der Waals surface area (Å²) in [7, 11) is 3.74. The number of ether oxygens (including phenoxy) is 2. The molecule has 0 aliphatic carbocycles. The van der Waals surface area contributed by atoms with Crippen LogP contribution in [0.2, 0.25) is 0 Å². The Morgan fingerprint density at radius 3 is 2.81 bits per heavy atom. The van der Waals surface area contributed by atoms with E-state index in [4.69, 9.17) is 26.8 Å². The van der Waals surface area contributed by atoms with Gasteiger partial charge in [0.1, 0.15) is 5.82 Å². The molecule has 8 heteroatoms. The monoisotopic (exact) mass is 394 g/mol. The smallest absolute Gasteiger partial charge is 0.199 e. The maximum Gasteiger partial charge on any atom is 0.199 e. The fourth-order valence-electron chi connectivity index (χ4n) is 3.28. The number of methoxy groups -OCH3 is 1.